The number of rotatable bonds is 7. The van der Waals surface area contributed by atoms with Crippen molar-refractivity contribution in [2.75, 3.05) is 33.3 Å². The zero-order valence-electron chi connectivity index (χ0n) is 18.2. The zero-order chi connectivity index (χ0) is 22.7. The van der Waals surface area contributed by atoms with Gasteiger partial charge in [0, 0.05) is 28.9 Å². The van der Waals surface area contributed by atoms with Gasteiger partial charge in [0.2, 0.25) is 5.75 Å². The minimum Gasteiger partial charge on any atom is -0.493 e. The molecular formula is C24H24N2O6. The van der Waals surface area contributed by atoms with Crippen molar-refractivity contribution in [2.45, 2.75) is 19.3 Å². The van der Waals surface area contributed by atoms with Crippen LogP contribution in [-0.2, 0) is 22.4 Å². The Morgan fingerprint density at radius 2 is 1.72 bits per heavy atom. The molecule has 1 N–H and O–H groups in total. The van der Waals surface area contributed by atoms with Crippen LogP contribution in [-0.4, -0.2) is 44.8 Å². The van der Waals surface area contributed by atoms with E-state index in [0.29, 0.717) is 28.5 Å². The van der Waals surface area contributed by atoms with Gasteiger partial charge in [-0.3, -0.25) is 9.78 Å². The molecule has 8 heteroatoms. The molecule has 0 aliphatic heterocycles. The molecule has 0 atom stereocenters. The minimum absolute atomic E-state index is 0.401. The van der Waals surface area contributed by atoms with Crippen molar-refractivity contribution >= 4 is 28.5 Å². The molecule has 2 aromatic carbocycles. The second-order valence-corrected chi connectivity index (χ2v) is 7.32. The summed E-state index contributed by atoms with van der Waals surface area (Å²) in [6, 6.07) is 10.7. The number of hydrogen-bond donors (Lipinski definition) is 1. The molecule has 0 unspecified atom stereocenters. The van der Waals surface area contributed by atoms with Crippen LogP contribution in [0.5, 0.6) is 17.2 Å². The van der Waals surface area contributed by atoms with Crippen molar-refractivity contribution in [1.82, 2.24) is 4.98 Å². The normalized spacial score (nSPS) is 12.2. The lowest BCUT2D eigenvalue weighted by molar-refractivity contribution is -0.119. The van der Waals surface area contributed by atoms with E-state index in [9.17, 15) is 9.59 Å². The number of ether oxygens (including phenoxy) is 4. The van der Waals surface area contributed by atoms with Crippen LogP contribution in [0.3, 0.4) is 0 Å². The average molecular weight is 436 g/mol. The van der Waals surface area contributed by atoms with Gasteiger partial charge in [-0.05, 0) is 30.9 Å². The van der Waals surface area contributed by atoms with E-state index >= 15 is 0 Å². The molecular weight excluding hydrogens is 412 g/mol. The maximum atomic E-state index is 13.0. The summed E-state index contributed by atoms with van der Waals surface area (Å²) < 4.78 is 21.3. The van der Waals surface area contributed by atoms with Gasteiger partial charge in [-0.1, -0.05) is 18.2 Å². The van der Waals surface area contributed by atoms with Crippen LogP contribution in [0.1, 0.15) is 28.0 Å². The molecule has 1 heterocycles. The topological polar surface area (TPSA) is 96.0 Å². The van der Waals surface area contributed by atoms with Crippen molar-refractivity contribution in [1.29, 1.82) is 0 Å². The van der Waals surface area contributed by atoms with E-state index in [-0.39, 0.29) is 0 Å². The first-order valence-electron chi connectivity index (χ1n) is 10.2. The number of nitrogens with zero attached hydrogens (tertiary/aromatic N) is 1. The highest BCUT2D eigenvalue weighted by molar-refractivity contribution is 6.06. The number of hydrogen-bond acceptors (Lipinski definition) is 7. The third kappa shape index (κ3) is 4.03. The number of para-hydroxylation sites is 1. The number of carbonyl (C=O) groups excluding carboxylic acids is 2. The maximum absolute atomic E-state index is 13.0. The van der Waals surface area contributed by atoms with E-state index in [2.05, 4.69) is 10.3 Å². The highest BCUT2D eigenvalue weighted by atomic mass is 16.5. The molecule has 1 amide bonds. The van der Waals surface area contributed by atoms with Crippen LogP contribution in [0.2, 0.25) is 0 Å². The monoisotopic (exact) mass is 436 g/mol. The summed E-state index contributed by atoms with van der Waals surface area (Å²) in [4.78, 5) is 30.1. The number of pyridine rings is 1. The Bertz CT molecular complexity index is 1170. The third-order valence-electron chi connectivity index (χ3n) is 5.41. The number of methoxy groups -OCH3 is 3. The van der Waals surface area contributed by atoms with Gasteiger partial charge in [0.05, 0.1) is 32.4 Å². The largest absolute Gasteiger partial charge is 0.493 e. The summed E-state index contributed by atoms with van der Waals surface area (Å²) in [5, 5.41) is 3.43. The first-order chi connectivity index (χ1) is 15.5. The van der Waals surface area contributed by atoms with E-state index in [1.165, 1.54) is 21.3 Å². The number of aryl methyl sites for hydroxylation is 1. The molecule has 0 radical (unpaired) electrons. The molecule has 1 aliphatic carbocycles. The Morgan fingerprint density at radius 3 is 2.41 bits per heavy atom. The van der Waals surface area contributed by atoms with Gasteiger partial charge in [0.25, 0.3) is 5.91 Å². The molecule has 0 saturated carbocycles. The van der Waals surface area contributed by atoms with Gasteiger partial charge in [-0.25, -0.2) is 4.79 Å². The number of fused-ring (bicyclic) bond motifs is 2. The van der Waals surface area contributed by atoms with E-state index in [4.69, 9.17) is 18.9 Å². The number of esters is 1. The number of amides is 1. The molecule has 166 valence electrons. The van der Waals surface area contributed by atoms with E-state index < -0.39 is 18.5 Å². The fourth-order valence-corrected chi connectivity index (χ4v) is 4.00. The summed E-state index contributed by atoms with van der Waals surface area (Å²) in [6.07, 6.45) is 2.55. The molecule has 0 spiro atoms. The molecule has 32 heavy (non-hydrogen) atoms. The smallest absolute Gasteiger partial charge is 0.339 e. The van der Waals surface area contributed by atoms with Crippen LogP contribution in [0.15, 0.2) is 36.4 Å². The number of nitrogens with one attached hydrogen (secondary N) is 1. The van der Waals surface area contributed by atoms with E-state index in [1.54, 1.807) is 12.1 Å². The Kier molecular flexibility index (Phi) is 6.11. The molecule has 0 bridgehead atoms. The minimum atomic E-state index is -0.526. The van der Waals surface area contributed by atoms with Gasteiger partial charge in [-0.2, -0.15) is 0 Å². The van der Waals surface area contributed by atoms with E-state index in [1.807, 2.05) is 24.3 Å². The highest BCUT2D eigenvalue weighted by Gasteiger charge is 2.25. The van der Waals surface area contributed by atoms with Crippen molar-refractivity contribution < 1.29 is 28.5 Å². The van der Waals surface area contributed by atoms with Gasteiger partial charge in [0.1, 0.15) is 0 Å². The number of aromatic nitrogens is 1. The number of carbonyl (C=O) groups is 2. The van der Waals surface area contributed by atoms with Crippen LogP contribution in [0, 0.1) is 0 Å². The Morgan fingerprint density at radius 1 is 1.00 bits per heavy atom. The first-order valence-corrected chi connectivity index (χ1v) is 10.2. The van der Waals surface area contributed by atoms with Crippen LogP contribution in [0.4, 0.5) is 5.69 Å². The standard InChI is InChI=1S/C24H24N2O6/c1-29-19-11-14(12-20(30-2)23(19)31-3)25-21(27)13-32-24(28)22-15-7-4-5-9-17(15)26-18-10-6-8-16(18)22/h4-5,7,9,11-12H,6,8,10,13H2,1-3H3,(H,25,27). The quantitative estimate of drug-likeness (QED) is 0.566. The number of benzene rings is 2. The SMILES string of the molecule is COc1cc(NC(=O)COC(=O)c2c3c(nc4ccccc24)CCC3)cc(OC)c1OC. The lowest BCUT2D eigenvalue weighted by Gasteiger charge is -2.15. The lowest BCUT2D eigenvalue weighted by Crippen LogP contribution is -2.22. The van der Waals surface area contributed by atoms with Gasteiger partial charge in [-0.15, -0.1) is 0 Å². The zero-order valence-corrected chi connectivity index (χ0v) is 18.2. The Hall–Kier alpha value is -3.81. The predicted molar refractivity (Wildman–Crippen MR) is 119 cm³/mol. The number of anilines is 1. The average Bonchev–Trinajstić information content (AvgIpc) is 3.28. The predicted octanol–water partition coefficient (Wildman–Crippen LogP) is 3.54. The summed E-state index contributed by atoms with van der Waals surface area (Å²) >= 11 is 0. The van der Waals surface area contributed by atoms with Crippen molar-refractivity contribution in [3.63, 3.8) is 0 Å². The molecule has 4 rings (SSSR count). The van der Waals surface area contributed by atoms with Crippen molar-refractivity contribution in [2.24, 2.45) is 0 Å². The fourth-order valence-electron chi connectivity index (χ4n) is 4.00. The Labute approximate surface area is 185 Å². The molecule has 1 aromatic heterocycles. The lowest BCUT2D eigenvalue weighted by atomic mass is 10.0. The molecule has 8 nitrogen and oxygen atoms in total. The van der Waals surface area contributed by atoms with Crippen molar-refractivity contribution in [3.05, 3.63) is 53.2 Å². The summed E-state index contributed by atoms with van der Waals surface area (Å²) in [7, 11) is 4.47. The molecule has 0 saturated heterocycles. The fraction of sp³-hybridized carbons (Fsp3) is 0.292. The maximum Gasteiger partial charge on any atom is 0.339 e. The Balaban J connectivity index is 1.51. The van der Waals surface area contributed by atoms with Crippen LogP contribution in [0.25, 0.3) is 10.9 Å². The first kappa shape index (κ1) is 21.4. The summed E-state index contributed by atoms with van der Waals surface area (Å²) in [5.74, 6) is 0.207. The molecule has 1 aliphatic rings. The van der Waals surface area contributed by atoms with E-state index in [0.717, 1.165) is 41.4 Å². The van der Waals surface area contributed by atoms with Crippen molar-refractivity contribution in [3.8, 4) is 17.2 Å². The van der Waals surface area contributed by atoms with Crippen LogP contribution < -0.4 is 19.5 Å². The van der Waals surface area contributed by atoms with Crippen LogP contribution >= 0.6 is 0 Å². The van der Waals surface area contributed by atoms with Gasteiger partial charge >= 0.3 is 5.97 Å². The summed E-state index contributed by atoms with van der Waals surface area (Å²) in [6.45, 7) is -0.430. The molecule has 0 fully saturated rings. The molecule has 3 aromatic rings. The van der Waals surface area contributed by atoms with Gasteiger partial charge in [0.15, 0.2) is 18.1 Å². The highest BCUT2D eigenvalue weighted by Crippen LogP contribution is 2.40. The second-order valence-electron chi connectivity index (χ2n) is 7.32. The van der Waals surface area contributed by atoms with Gasteiger partial charge < -0.3 is 24.3 Å². The third-order valence-corrected chi connectivity index (χ3v) is 5.41. The summed E-state index contributed by atoms with van der Waals surface area (Å²) in [5.41, 5.74) is 3.53. The second kappa shape index (κ2) is 9.13.